The lowest BCUT2D eigenvalue weighted by Gasteiger charge is -2.08. The topological polar surface area (TPSA) is 72.7 Å². The second-order valence-corrected chi connectivity index (χ2v) is 6.52. The van der Waals surface area contributed by atoms with Gasteiger partial charge in [0.2, 0.25) is 0 Å². The number of pyridine rings is 1. The molecule has 1 aliphatic carbocycles. The monoisotopic (exact) mass is 333 g/mol. The molecule has 0 atom stereocenters. The Bertz CT molecular complexity index is 925. The fraction of sp³-hybridized carbons (Fsp3) is 0.263. The number of carbonyl (C=O) groups is 1. The number of benzene rings is 1. The van der Waals surface area contributed by atoms with Crippen molar-refractivity contribution in [2.24, 2.45) is 0 Å². The van der Waals surface area contributed by atoms with E-state index in [4.69, 9.17) is 0 Å². The number of nitrogens with zero attached hydrogens (tertiary/aromatic N) is 4. The third-order valence-electron chi connectivity index (χ3n) is 4.32. The molecule has 1 fully saturated rings. The molecule has 1 aliphatic rings. The van der Waals surface area contributed by atoms with E-state index in [1.54, 1.807) is 10.9 Å². The van der Waals surface area contributed by atoms with Crippen LogP contribution in [0.5, 0.6) is 0 Å². The van der Waals surface area contributed by atoms with E-state index in [2.05, 4.69) is 20.6 Å². The first kappa shape index (κ1) is 15.5. The molecule has 0 unspecified atom stereocenters. The van der Waals surface area contributed by atoms with Gasteiger partial charge in [0.1, 0.15) is 5.82 Å². The van der Waals surface area contributed by atoms with Crippen LogP contribution in [0.1, 0.15) is 46.1 Å². The van der Waals surface area contributed by atoms with E-state index in [0.29, 0.717) is 17.4 Å². The molecular weight excluding hydrogens is 314 g/mol. The van der Waals surface area contributed by atoms with Gasteiger partial charge in [0.15, 0.2) is 5.69 Å². The Morgan fingerprint density at radius 1 is 1.12 bits per heavy atom. The van der Waals surface area contributed by atoms with Gasteiger partial charge in [-0.1, -0.05) is 22.9 Å². The Morgan fingerprint density at radius 3 is 2.56 bits per heavy atom. The summed E-state index contributed by atoms with van der Waals surface area (Å²) in [6.07, 6.45) is 3.79. The van der Waals surface area contributed by atoms with Gasteiger partial charge < -0.3 is 5.32 Å². The number of rotatable bonds is 4. The number of anilines is 1. The van der Waals surface area contributed by atoms with E-state index >= 15 is 0 Å². The third kappa shape index (κ3) is 3.15. The maximum atomic E-state index is 12.7. The minimum atomic E-state index is -0.265. The van der Waals surface area contributed by atoms with Crippen molar-refractivity contribution in [1.29, 1.82) is 0 Å². The first-order chi connectivity index (χ1) is 12.1. The fourth-order valence-corrected chi connectivity index (χ4v) is 2.83. The Balaban J connectivity index is 1.68. The molecule has 6 nitrogen and oxygen atoms in total. The van der Waals surface area contributed by atoms with Gasteiger partial charge in [-0.25, -0.2) is 9.67 Å². The Hall–Kier alpha value is -3.02. The lowest BCUT2D eigenvalue weighted by molar-refractivity contribution is 0.102. The number of nitrogens with one attached hydrogen (secondary N) is 1. The molecular formula is C19H19N5O. The molecule has 4 rings (SSSR count). The van der Waals surface area contributed by atoms with E-state index in [1.165, 1.54) is 5.56 Å². The predicted octanol–water partition coefficient (Wildman–Crippen LogP) is 3.41. The summed E-state index contributed by atoms with van der Waals surface area (Å²) in [6, 6.07) is 11.8. The van der Waals surface area contributed by atoms with Crippen LogP contribution in [-0.2, 0) is 0 Å². The summed E-state index contributed by atoms with van der Waals surface area (Å²) in [5, 5.41) is 11.2. The zero-order chi connectivity index (χ0) is 17.4. The maximum Gasteiger partial charge on any atom is 0.279 e. The zero-order valence-corrected chi connectivity index (χ0v) is 14.2. The first-order valence-corrected chi connectivity index (χ1v) is 8.38. The number of carbonyl (C=O) groups excluding carboxylic acids is 1. The predicted molar refractivity (Wildman–Crippen MR) is 95.0 cm³/mol. The molecule has 2 heterocycles. The standard InChI is InChI=1S/C19H19N5O/c1-12-3-7-15(8-4-12)24-18(14-5-6-14)17(22-23-24)19(25)21-16-11-13(2)9-10-20-16/h3-4,7-11,14H,5-6H2,1-2H3,(H,20,21,25). The van der Waals surface area contributed by atoms with E-state index in [0.717, 1.165) is 29.8 Å². The van der Waals surface area contributed by atoms with Crippen molar-refractivity contribution < 1.29 is 4.79 Å². The van der Waals surface area contributed by atoms with E-state index < -0.39 is 0 Å². The second kappa shape index (κ2) is 6.12. The van der Waals surface area contributed by atoms with Gasteiger partial charge in [0.25, 0.3) is 5.91 Å². The van der Waals surface area contributed by atoms with Gasteiger partial charge in [0, 0.05) is 12.1 Å². The highest BCUT2D eigenvalue weighted by atomic mass is 16.2. The van der Waals surface area contributed by atoms with E-state index in [1.807, 2.05) is 50.2 Å². The van der Waals surface area contributed by atoms with Gasteiger partial charge in [-0.15, -0.1) is 5.10 Å². The fourth-order valence-electron chi connectivity index (χ4n) is 2.83. The second-order valence-electron chi connectivity index (χ2n) is 6.52. The van der Waals surface area contributed by atoms with Gasteiger partial charge in [-0.05, 0) is 56.5 Å². The number of amides is 1. The average Bonchev–Trinajstić information content (AvgIpc) is 3.34. The van der Waals surface area contributed by atoms with Crippen LogP contribution in [0.4, 0.5) is 5.82 Å². The molecule has 25 heavy (non-hydrogen) atoms. The van der Waals surface area contributed by atoms with Crippen LogP contribution in [0.25, 0.3) is 5.69 Å². The highest BCUT2D eigenvalue weighted by Crippen LogP contribution is 2.42. The number of aromatic nitrogens is 4. The van der Waals surface area contributed by atoms with Crippen LogP contribution in [0.2, 0.25) is 0 Å². The molecule has 0 saturated heterocycles. The lowest BCUT2D eigenvalue weighted by atomic mass is 10.2. The summed E-state index contributed by atoms with van der Waals surface area (Å²) in [6.45, 7) is 4.00. The largest absolute Gasteiger partial charge is 0.305 e. The van der Waals surface area contributed by atoms with Crippen molar-refractivity contribution in [2.75, 3.05) is 5.32 Å². The quantitative estimate of drug-likeness (QED) is 0.794. The van der Waals surface area contributed by atoms with Crippen LogP contribution >= 0.6 is 0 Å². The van der Waals surface area contributed by atoms with Gasteiger partial charge in [-0.2, -0.15) is 0 Å². The van der Waals surface area contributed by atoms with Gasteiger partial charge >= 0.3 is 0 Å². The summed E-state index contributed by atoms with van der Waals surface area (Å²) in [5.41, 5.74) is 4.41. The molecule has 1 aromatic carbocycles. The smallest absolute Gasteiger partial charge is 0.279 e. The average molecular weight is 333 g/mol. The highest BCUT2D eigenvalue weighted by Gasteiger charge is 2.34. The Labute approximate surface area is 145 Å². The van der Waals surface area contributed by atoms with Crippen LogP contribution in [0.3, 0.4) is 0 Å². The first-order valence-electron chi connectivity index (χ1n) is 8.38. The third-order valence-corrected chi connectivity index (χ3v) is 4.32. The molecule has 6 heteroatoms. The van der Waals surface area contributed by atoms with Crippen molar-refractivity contribution in [1.82, 2.24) is 20.0 Å². The summed E-state index contributed by atoms with van der Waals surface area (Å²) < 4.78 is 1.79. The lowest BCUT2D eigenvalue weighted by Crippen LogP contribution is -2.16. The van der Waals surface area contributed by atoms with Crippen LogP contribution < -0.4 is 5.32 Å². The number of hydrogen-bond acceptors (Lipinski definition) is 4. The van der Waals surface area contributed by atoms with Crippen molar-refractivity contribution in [3.8, 4) is 5.69 Å². The van der Waals surface area contributed by atoms with Crippen LogP contribution in [0.15, 0.2) is 42.6 Å². The van der Waals surface area contributed by atoms with E-state index in [9.17, 15) is 4.79 Å². The molecule has 0 radical (unpaired) electrons. The summed E-state index contributed by atoms with van der Waals surface area (Å²) >= 11 is 0. The molecule has 126 valence electrons. The zero-order valence-electron chi connectivity index (χ0n) is 14.2. The minimum Gasteiger partial charge on any atom is -0.305 e. The Kier molecular flexibility index (Phi) is 3.80. The van der Waals surface area contributed by atoms with Crippen LogP contribution in [0, 0.1) is 13.8 Å². The van der Waals surface area contributed by atoms with Crippen molar-refractivity contribution in [3.63, 3.8) is 0 Å². The summed E-state index contributed by atoms with van der Waals surface area (Å²) in [4.78, 5) is 16.9. The van der Waals surface area contributed by atoms with Crippen molar-refractivity contribution in [2.45, 2.75) is 32.6 Å². The number of hydrogen-bond donors (Lipinski definition) is 1. The molecule has 3 aromatic rings. The van der Waals surface area contributed by atoms with Crippen molar-refractivity contribution in [3.05, 3.63) is 65.1 Å². The number of aryl methyl sites for hydroxylation is 2. The van der Waals surface area contributed by atoms with Crippen LogP contribution in [-0.4, -0.2) is 25.9 Å². The summed E-state index contributed by atoms with van der Waals surface area (Å²) in [5.74, 6) is 0.595. The molecule has 0 spiro atoms. The highest BCUT2D eigenvalue weighted by molar-refractivity contribution is 6.03. The molecule has 0 aliphatic heterocycles. The molecule has 1 amide bonds. The molecule has 1 saturated carbocycles. The van der Waals surface area contributed by atoms with E-state index in [-0.39, 0.29) is 5.91 Å². The molecule has 1 N–H and O–H groups in total. The van der Waals surface area contributed by atoms with Gasteiger partial charge in [0.05, 0.1) is 11.4 Å². The minimum absolute atomic E-state index is 0.265. The van der Waals surface area contributed by atoms with Crippen molar-refractivity contribution >= 4 is 11.7 Å². The SMILES string of the molecule is Cc1ccc(-n2nnc(C(=O)Nc3cc(C)ccn3)c2C2CC2)cc1. The normalized spacial score (nSPS) is 13.7. The Morgan fingerprint density at radius 2 is 1.88 bits per heavy atom. The molecule has 2 aromatic heterocycles. The summed E-state index contributed by atoms with van der Waals surface area (Å²) in [7, 11) is 0. The van der Waals surface area contributed by atoms with Gasteiger partial charge in [-0.3, -0.25) is 4.79 Å². The molecule has 0 bridgehead atoms. The maximum absolute atomic E-state index is 12.7.